The number of likely N-dealkylation sites (tertiary alicyclic amines) is 2. The van der Waals surface area contributed by atoms with Crippen LogP contribution >= 0.6 is 24.0 Å². The Morgan fingerprint density at radius 1 is 1.06 bits per heavy atom. The van der Waals surface area contributed by atoms with Gasteiger partial charge in [0.2, 0.25) is 0 Å². The minimum Gasteiger partial charge on any atom is -0.393 e. The van der Waals surface area contributed by atoms with Crippen molar-refractivity contribution in [3.63, 3.8) is 0 Å². The highest BCUT2D eigenvalue weighted by molar-refractivity contribution is 14.0. The van der Waals surface area contributed by atoms with E-state index in [1.807, 2.05) is 12.1 Å². The first-order valence-corrected chi connectivity index (χ1v) is 11.5. The molecule has 6 nitrogen and oxygen atoms in total. The third-order valence-electron chi connectivity index (χ3n) is 6.05. The molecule has 0 amide bonds. The summed E-state index contributed by atoms with van der Waals surface area (Å²) in [5, 5.41) is 16.6. The van der Waals surface area contributed by atoms with Crippen LogP contribution in [0.2, 0.25) is 0 Å². The van der Waals surface area contributed by atoms with Gasteiger partial charge in [-0.25, -0.2) is 4.39 Å². The lowest BCUT2D eigenvalue weighted by atomic mass is 10.0. The monoisotopic (exact) mass is 547 g/mol. The van der Waals surface area contributed by atoms with Gasteiger partial charge in [-0.1, -0.05) is 12.1 Å². The van der Waals surface area contributed by atoms with E-state index in [1.165, 1.54) is 17.7 Å². The minimum absolute atomic E-state index is 0. The fraction of sp³-hybridized carbons (Fsp3) is 0.696. The third-order valence-corrected chi connectivity index (χ3v) is 6.05. The number of halogens is 2. The van der Waals surface area contributed by atoms with Crippen molar-refractivity contribution in [1.29, 1.82) is 0 Å². The molecule has 0 radical (unpaired) electrons. The smallest absolute Gasteiger partial charge is 0.191 e. The predicted molar refractivity (Wildman–Crippen MR) is 136 cm³/mol. The first kappa shape index (κ1) is 26.3. The van der Waals surface area contributed by atoms with Gasteiger partial charge in [0.1, 0.15) is 5.82 Å². The van der Waals surface area contributed by atoms with Crippen molar-refractivity contribution < 1.29 is 9.50 Å². The van der Waals surface area contributed by atoms with Gasteiger partial charge in [-0.15, -0.1) is 24.0 Å². The third kappa shape index (κ3) is 9.59. The van der Waals surface area contributed by atoms with Crippen molar-refractivity contribution in [3.05, 3.63) is 35.6 Å². The number of guanidine groups is 1. The molecule has 0 aromatic heterocycles. The molecule has 0 bridgehead atoms. The fourth-order valence-corrected chi connectivity index (χ4v) is 4.22. The summed E-state index contributed by atoms with van der Waals surface area (Å²) < 4.78 is 13.1. The molecule has 2 fully saturated rings. The lowest BCUT2D eigenvalue weighted by molar-refractivity contribution is 0.0824. The zero-order chi connectivity index (χ0) is 21.2. The molecular weight excluding hydrogens is 508 g/mol. The van der Waals surface area contributed by atoms with E-state index in [1.54, 1.807) is 0 Å². The van der Waals surface area contributed by atoms with Crippen LogP contribution in [0.25, 0.3) is 0 Å². The van der Waals surface area contributed by atoms with E-state index in [0.717, 1.165) is 90.4 Å². The number of aliphatic hydroxyl groups is 1. The average molecular weight is 548 g/mol. The summed E-state index contributed by atoms with van der Waals surface area (Å²) in [6.45, 7) is 9.79. The molecule has 8 heteroatoms. The van der Waals surface area contributed by atoms with Gasteiger partial charge in [0.15, 0.2) is 5.96 Å². The zero-order valence-corrected chi connectivity index (χ0v) is 21.1. The molecular formula is C23H39FIN5O. The molecule has 0 atom stereocenters. The standard InChI is InChI=1S/C23H38FN5O.HI/c1-2-25-23(26-12-3-13-28-16-10-22(30)11-17-28)27-21-8-14-29(15-9-21)18-19-4-6-20(24)7-5-19;/h4-7,21-22,30H,2-3,8-18H2,1H3,(H2,25,26,27);1H. The number of nitrogens with one attached hydrogen (secondary N) is 2. The van der Waals surface area contributed by atoms with Gasteiger partial charge in [0.05, 0.1) is 6.10 Å². The number of rotatable bonds is 8. The summed E-state index contributed by atoms with van der Waals surface area (Å²) in [5.74, 6) is 0.746. The number of piperidine rings is 2. The molecule has 31 heavy (non-hydrogen) atoms. The topological polar surface area (TPSA) is 63.1 Å². The summed E-state index contributed by atoms with van der Waals surface area (Å²) in [5.41, 5.74) is 1.17. The summed E-state index contributed by atoms with van der Waals surface area (Å²) in [6.07, 6.45) is 4.90. The maximum absolute atomic E-state index is 13.1. The van der Waals surface area contributed by atoms with E-state index < -0.39 is 0 Å². The number of nitrogens with zero attached hydrogens (tertiary/aromatic N) is 3. The lowest BCUT2D eigenvalue weighted by Gasteiger charge is -2.33. The van der Waals surface area contributed by atoms with Crippen LogP contribution in [0.4, 0.5) is 4.39 Å². The Bertz CT molecular complexity index is 644. The van der Waals surface area contributed by atoms with Gasteiger partial charge in [-0.05, 0) is 63.3 Å². The second-order valence-electron chi connectivity index (χ2n) is 8.51. The van der Waals surface area contributed by atoms with Crippen molar-refractivity contribution >= 4 is 29.9 Å². The van der Waals surface area contributed by atoms with Crippen LogP contribution in [0.15, 0.2) is 29.3 Å². The molecule has 0 spiro atoms. The Kier molecular flexibility index (Phi) is 12.1. The minimum atomic E-state index is -0.174. The van der Waals surface area contributed by atoms with Crippen LogP contribution < -0.4 is 10.6 Å². The van der Waals surface area contributed by atoms with Crippen LogP contribution in [0.3, 0.4) is 0 Å². The molecule has 0 saturated carbocycles. The van der Waals surface area contributed by atoms with Gasteiger partial charge < -0.3 is 20.6 Å². The van der Waals surface area contributed by atoms with Crippen LogP contribution in [0.5, 0.6) is 0 Å². The van der Waals surface area contributed by atoms with E-state index in [-0.39, 0.29) is 35.9 Å². The van der Waals surface area contributed by atoms with Gasteiger partial charge in [0, 0.05) is 51.9 Å². The molecule has 3 rings (SSSR count). The largest absolute Gasteiger partial charge is 0.393 e. The molecule has 2 heterocycles. The fourth-order valence-electron chi connectivity index (χ4n) is 4.22. The summed E-state index contributed by atoms with van der Waals surface area (Å²) in [7, 11) is 0. The van der Waals surface area contributed by atoms with Gasteiger partial charge in [0.25, 0.3) is 0 Å². The summed E-state index contributed by atoms with van der Waals surface area (Å²) >= 11 is 0. The van der Waals surface area contributed by atoms with Gasteiger partial charge in [-0.3, -0.25) is 9.89 Å². The van der Waals surface area contributed by atoms with Crippen molar-refractivity contribution in [1.82, 2.24) is 20.4 Å². The molecule has 2 aliphatic rings. The van der Waals surface area contributed by atoms with Crippen molar-refractivity contribution in [2.24, 2.45) is 4.99 Å². The molecule has 0 unspecified atom stereocenters. The van der Waals surface area contributed by atoms with Crippen LogP contribution in [-0.4, -0.2) is 78.8 Å². The Balaban J connectivity index is 0.00000341. The SMILES string of the molecule is CCNC(=NCCCN1CCC(O)CC1)NC1CCN(Cc2ccc(F)cc2)CC1.I. The zero-order valence-electron chi connectivity index (χ0n) is 18.7. The van der Waals surface area contributed by atoms with Gasteiger partial charge >= 0.3 is 0 Å². The highest BCUT2D eigenvalue weighted by atomic mass is 127. The first-order valence-electron chi connectivity index (χ1n) is 11.5. The van der Waals surface area contributed by atoms with Crippen LogP contribution in [0, 0.1) is 5.82 Å². The Hall–Kier alpha value is -0.970. The second-order valence-corrected chi connectivity index (χ2v) is 8.51. The Labute approximate surface area is 203 Å². The van der Waals surface area contributed by atoms with Crippen LogP contribution in [0.1, 0.15) is 44.6 Å². The number of benzene rings is 1. The number of aliphatic imine (C=N–C) groups is 1. The Morgan fingerprint density at radius 3 is 2.35 bits per heavy atom. The predicted octanol–water partition coefficient (Wildman–Crippen LogP) is 2.81. The number of hydrogen-bond donors (Lipinski definition) is 3. The molecule has 1 aromatic rings. The van der Waals surface area contributed by atoms with Crippen molar-refractivity contribution in [2.75, 3.05) is 45.8 Å². The first-order chi connectivity index (χ1) is 14.6. The van der Waals surface area contributed by atoms with E-state index >= 15 is 0 Å². The molecule has 176 valence electrons. The lowest BCUT2D eigenvalue weighted by Crippen LogP contribution is -2.48. The number of aliphatic hydroxyl groups excluding tert-OH is 1. The molecule has 2 saturated heterocycles. The number of hydrogen-bond acceptors (Lipinski definition) is 4. The Morgan fingerprint density at radius 2 is 1.71 bits per heavy atom. The van der Waals surface area contributed by atoms with E-state index in [0.29, 0.717) is 6.04 Å². The maximum Gasteiger partial charge on any atom is 0.191 e. The van der Waals surface area contributed by atoms with E-state index in [4.69, 9.17) is 4.99 Å². The molecule has 3 N–H and O–H groups in total. The normalized spacial score (nSPS) is 19.8. The maximum atomic E-state index is 13.1. The van der Waals surface area contributed by atoms with E-state index in [2.05, 4.69) is 27.4 Å². The molecule has 2 aliphatic heterocycles. The summed E-state index contributed by atoms with van der Waals surface area (Å²) in [4.78, 5) is 9.64. The van der Waals surface area contributed by atoms with Gasteiger partial charge in [-0.2, -0.15) is 0 Å². The van der Waals surface area contributed by atoms with Crippen LogP contribution in [-0.2, 0) is 6.54 Å². The summed E-state index contributed by atoms with van der Waals surface area (Å²) in [6, 6.07) is 7.27. The quantitative estimate of drug-likeness (QED) is 0.202. The molecule has 1 aromatic carbocycles. The highest BCUT2D eigenvalue weighted by Crippen LogP contribution is 2.14. The average Bonchev–Trinajstić information content (AvgIpc) is 2.75. The van der Waals surface area contributed by atoms with Crippen molar-refractivity contribution in [3.8, 4) is 0 Å². The molecule has 0 aliphatic carbocycles. The van der Waals surface area contributed by atoms with E-state index in [9.17, 15) is 9.50 Å². The van der Waals surface area contributed by atoms with Crippen molar-refractivity contribution in [2.45, 2.75) is 57.7 Å². The highest BCUT2D eigenvalue weighted by Gasteiger charge is 2.20. The second kappa shape index (κ2) is 14.2.